The van der Waals surface area contributed by atoms with Crippen LogP contribution in [0, 0.1) is 0 Å². The van der Waals surface area contributed by atoms with Crippen molar-refractivity contribution in [2.75, 3.05) is 13.7 Å². The summed E-state index contributed by atoms with van der Waals surface area (Å²) >= 11 is 0. The van der Waals surface area contributed by atoms with Gasteiger partial charge in [0.1, 0.15) is 5.75 Å². The fraction of sp³-hybridized carbons (Fsp3) is 0.231. The van der Waals surface area contributed by atoms with Gasteiger partial charge in [0.15, 0.2) is 6.04 Å². The minimum absolute atomic E-state index is 0.600. The molecule has 0 aliphatic heterocycles. The second-order valence-electron chi connectivity index (χ2n) is 3.66. The zero-order chi connectivity index (χ0) is 14.3. The monoisotopic (exact) mass is 265 g/mol. The minimum Gasteiger partial charge on any atom is -0.496 e. The molecule has 19 heavy (non-hydrogen) atoms. The molecule has 6 nitrogen and oxygen atoms in total. The summed E-state index contributed by atoms with van der Waals surface area (Å²) < 4.78 is 5.10. The normalized spacial score (nSPS) is 12.1. The summed E-state index contributed by atoms with van der Waals surface area (Å²) in [4.78, 5) is 22.1. The third-order valence-electron chi connectivity index (χ3n) is 2.35. The first-order valence-electron chi connectivity index (χ1n) is 5.53. The molecular formula is C13H15NO5. The molecule has 102 valence electrons. The Labute approximate surface area is 110 Å². The molecule has 0 saturated carbocycles. The van der Waals surface area contributed by atoms with E-state index in [-0.39, 0.29) is 0 Å². The van der Waals surface area contributed by atoms with Gasteiger partial charge in [0.05, 0.1) is 13.7 Å². The fourth-order valence-corrected chi connectivity index (χ4v) is 1.37. The van der Waals surface area contributed by atoms with Crippen molar-refractivity contribution in [3.63, 3.8) is 0 Å². The maximum Gasteiger partial charge on any atom is 0.328 e. The van der Waals surface area contributed by atoms with Crippen molar-refractivity contribution >= 4 is 18.0 Å². The van der Waals surface area contributed by atoms with Crippen molar-refractivity contribution < 1.29 is 24.5 Å². The Balaban J connectivity index is 2.70. The molecule has 6 heteroatoms. The second-order valence-corrected chi connectivity index (χ2v) is 3.66. The van der Waals surface area contributed by atoms with Crippen LogP contribution >= 0.6 is 0 Å². The molecule has 0 bridgehead atoms. The van der Waals surface area contributed by atoms with Crippen LogP contribution in [0.2, 0.25) is 0 Å². The third kappa shape index (κ3) is 4.44. The van der Waals surface area contributed by atoms with E-state index in [1.54, 1.807) is 24.3 Å². The van der Waals surface area contributed by atoms with Gasteiger partial charge in [0.2, 0.25) is 5.91 Å². The number of carboxylic acids is 1. The number of rotatable bonds is 6. The number of hydrogen-bond acceptors (Lipinski definition) is 4. The number of carbonyl (C=O) groups excluding carboxylic acids is 1. The van der Waals surface area contributed by atoms with E-state index in [0.717, 1.165) is 0 Å². The number of carbonyl (C=O) groups is 2. The number of aliphatic carboxylic acids is 1. The predicted octanol–water partition coefficient (Wildman–Crippen LogP) is 0.270. The molecular weight excluding hydrogens is 250 g/mol. The molecule has 1 rings (SSSR count). The summed E-state index contributed by atoms with van der Waals surface area (Å²) in [5.74, 6) is -1.29. The maximum absolute atomic E-state index is 11.5. The number of amides is 1. The quantitative estimate of drug-likeness (QED) is 0.642. The highest BCUT2D eigenvalue weighted by Gasteiger charge is 2.17. The van der Waals surface area contributed by atoms with Crippen LogP contribution in [0.4, 0.5) is 0 Å². The number of nitrogens with one attached hydrogen (secondary N) is 1. The molecule has 0 radical (unpaired) electrons. The highest BCUT2D eigenvalue weighted by Crippen LogP contribution is 2.18. The van der Waals surface area contributed by atoms with E-state index in [1.165, 1.54) is 19.3 Å². The largest absolute Gasteiger partial charge is 0.496 e. The Morgan fingerprint density at radius 2 is 2.11 bits per heavy atom. The number of methoxy groups -OCH3 is 1. The van der Waals surface area contributed by atoms with Gasteiger partial charge in [-0.2, -0.15) is 0 Å². The number of para-hydroxylation sites is 1. The lowest BCUT2D eigenvalue weighted by molar-refractivity contribution is -0.142. The third-order valence-corrected chi connectivity index (χ3v) is 2.35. The molecule has 1 amide bonds. The smallest absolute Gasteiger partial charge is 0.328 e. The number of aliphatic hydroxyl groups excluding tert-OH is 1. The van der Waals surface area contributed by atoms with Crippen LogP contribution in [0.5, 0.6) is 5.75 Å². The lowest BCUT2D eigenvalue weighted by atomic mass is 10.2. The van der Waals surface area contributed by atoms with Crippen LogP contribution in [-0.2, 0) is 9.59 Å². The van der Waals surface area contributed by atoms with Crippen molar-refractivity contribution in [3.05, 3.63) is 35.9 Å². The van der Waals surface area contributed by atoms with Crippen molar-refractivity contribution in [3.8, 4) is 5.75 Å². The van der Waals surface area contributed by atoms with E-state index in [1.807, 2.05) is 0 Å². The van der Waals surface area contributed by atoms with Crippen LogP contribution in [0.1, 0.15) is 5.56 Å². The number of carboxylic acid groups (broad SMARTS) is 1. The van der Waals surface area contributed by atoms with E-state index in [2.05, 4.69) is 5.32 Å². The average molecular weight is 265 g/mol. The van der Waals surface area contributed by atoms with Gasteiger partial charge in [-0.3, -0.25) is 4.79 Å². The molecule has 1 aromatic carbocycles. The number of benzene rings is 1. The molecule has 0 saturated heterocycles. The van der Waals surface area contributed by atoms with Gasteiger partial charge in [0.25, 0.3) is 0 Å². The zero-order valence-corrected chi connectivity index (χ0v) is 10.4. The summed E-state index contributed by atoms with van der Waals surface area (Å²) in [7, 11) is 1.51. The van der Waals surface area contributed by atoms with Crippen molar-refractivity contribution in [2.45, 2.75) is 6.04 Å². The van der Waals surface area contributed by atoms with Gasteiger partial charge in [-0.05, 0) is 12.1 Å². The van der Waals surface area contributed by atoms with E-state index in [9.17, 15) is 9.59 Å². The van der Waals surface area contributed by atoms with Crippen molar-refractivity contribution in [2.24, 2.45) is 0 Å². The lowest BCUT2D eigenvalue weighted by Gasteiger charge is -2.09. The molecule has 3 N–H and O–H groups in total. The number of aliphatic hydroxyl groups is 1. The molecule has 0 aliphatic rings. The predicted molar refractivity (Wildman–Crippen MR) is 68.7 cm³/mol. The first-order valence-corrected chi connectivity index (χ1v) is 5.53. The Kier molecular flexibility index (Phi) is 5.56. The highest BCUT2D eigenvalue weighted by atomic mass is 16.5. The summed E-state index contributed by atoms with van der Waals surface area (Å²) in [5.41, 5.74) is 0.691. The molecule has 0 heterocycles. The maximum atomic E-state index is 11.5. The molecule has 0 spiro atoms. The van der Waals surface area contributed by atoms with Crippen LogP contribution in [0.15, 0.2) is 30.3 Å². The molecule has 0 unspecified atom stereocenters. The Morgan fingerprint density at radius 3 is 2.68 bits per heavy atom. The van der Waals surface area contributed by atoms with Gasteiger partial charge in [-0.25, -0.2) is 4.79 Å². The standard InChI is InChI=1S/C13H15NO5/c1-19-11-5-3-2-4-9(11)6-7-12(16)14-10(8-15)13(17)18/h2-7,10,15H,8H2,1H3,(H,14,16)(H,17,18)/b7-6+/t10-/m0/s1. The van der Waals surface area contributed by atoms with Crippen molar-refractivity contribution in [1.82, 2.24) is 5.32 Å². The molecule has 0 fully saturated rings. The molecule has 1 aromatic rings. The van der Waals surface area contributed by atoms with Crippen molar-refractivity contribution in [1.29, 1.82) is 0 Å². The number of ether oxygens (including phenoxy) is 1. The van der Waals surface area contributed by atoms with Crippen LogP contribution in [-0.4, -0.2) is 41.8 Å². The average Bonchev–Trinajstić information content (AvgIpc) is 2.42. The van der Waals surface area contributed by atoms with Gasteiger partial charge in [-0.15, -0.1) is 0 Å². The molecule has 0 aromatic heterocycles. The second kappa shape index (κ2) is 7.17. The van der Waals surface area contributed by atoms with E-state index in [4.69, 9.17) is 14.9 Å². The summed E-state index contributed by atoms with van der Waals surface area (Å²) in [6.45, 7) is -0.663. The van der Waals surface area contributed by atoms with Crippen LogP contribution < -0.4 is 10.1 Å². The van der Waals surface area contributed by atoms with E-state index < -0.39 is 24.5 Å². The summed E-state index contributed by atoms with van der Waals surface area (Å²) in [5, 5.41) is 19.6. The Morgan fingerprint density at radius 1 is 1.42 bits per heavy atom. The first-order chi connectivity index (χ1) is 9.08. The zero-order valence-electron chi connectivity index (χ0n) is 10.4. The summed E-state index contributed by atoms with van der Waals surface area (Å²) in [6, 6.07) is 5.76. The van der Waals surface area contributed by atoms with Gasteiger partial charge in [0, 0.05) is 11.6 Å². The molecule has 1 atom stereocenters. The van der Waals surface area contributed by atoms with Gasteiger partial charge < -0.3 is 20.3 Å². The first kappa shape index (κ1) is 14.7. The van der Waals surface area contributed by atoms with Gasteiger partial charge >= 0.3 is 5.97 Å². The lowest BCUT2D eigenvalue weighted by Crippen LogP contribution is -2.42. The Bertz CT molecular complexity index is 484. The topological polar surface area (TPSA) is 95.9 Å². The highest BCUT2D eigenvalue weighted by molar-refractivity contribution is 5.94. The SMILES string of the molecule is COc1ccccc1/C=C/C(=O)N[C@@H](CO)C(=O)O. The fourth-order valence-electron chi connectivity index (χ4n) is 1.37. The van der Waals surface area contributed by atoms with Crippen LogP contribution in [0.25, 0.3) is 6.08 Å². The van der Waals surface area contributed by atoms with E-state index >= 15 is 0 Å². The van der Waals surface area contributed by atoms with Crippen LogP contribution in [0.3, 0.4) is 0 Å². The van der Waals surface area contributed by atoms with E-state index in [0.29, 0.717) is 11.3 Å². The number of hydrogen-bond donors (Lipinski definition) is 3. The minimum atomic E-state index is -1.31. The Hall–Kier alpha value is -2.34. The van der Waals surface area contributed by atoms with Gasteiger partial charge in [-0.1, -0.05) is 18.2 Å². The molecule has 0 aliphatic carbocycles. The summed E-state index contributed by atoms with van der Waals surface area (Å²) in [6.07, 6.45) is 2.69.